The van der Waals surface area contributed by atoms with Crippen LogP contribution in [0.15, 0.2) is 48.5 Å². The van der Waals surface area contributed by atoms with Crippen molar-refractivity contribution in [3.05, 3.63) is 64.7 Å². The average molecular weight is 314 g/mol. The highest BCUT2D eigenvalue weighted by Crippen LogP contribution is 2.36. The molecule has 0 saturated heterocycles. The maximum Gasteiger partial charge on any atom is 0.145 e. The minimum absolute atomic E-state index is 0.432. The number of nitrogens with zero attached hydrogens (tertiary/aromatic N) is 1. The molecule has 4 nitrogen and oxygen atoms in total. The van der Waals surface area contributed by atoms with Gasteiger partial charge >= 0.3 is 0 Å². The number of hydrogen-bond donors (Lipinski definition) is 2. The highest BCUT2D eigenvalue weighted by Gasteiger charge is 2.13. The first-order chi connectivity index (χ1) is 10.6. The molecule has 0 amide bonds. The van der Waals surface area contributed by atoms with Gasteiger partial charge in [-0.2, -0.15) is 5.10 Å². The number of halogens is 1. The van der Waals surface area contributed by atoms with Gasteiger partial charge in [-0.25, -0.2) is 0 Å². The molecule has 0 fully saturated rings. The van der Waals surface area contributed by atoms with E-state index in [0.29, 0.717) is 17.4 Å². The van der Waals surface area contributed by atoms with Crippen molar-refractivity contribution in [2.75, 3.05) is 5.73 Å². The van der Waals surface area contributed by atoms with Gasteiger partial charge in [-0.05, 0) is 30.2 Å². The number of H-pyrrole nitrogens is 1. The molecule has 0 radical (unpaired) electrons. The summed E-state index contributed by atoms with van der Waals surface area (Å²) in [5.74, 6) is 1.21. The lowest BCUT2D eigenvalue weighted by Crippen LogP contribution is -1.99. The summed E-state index contributed by atoms with van der Waals surface area (Å²) in [4.78, 5) is 0. The van der Waals surface area contributed by atoms with Gasteiger partial charge in [-0.3, -0.25) is 5.10 Å². The molecule has 0 aliphatic carbocycles. The molecule has 0 aliphatic rings. The summed E-state index contributed by atoms with van der Waals surface area (Å²) in [7, 11) is 0. The fraction of sp³-hybridized carbons (Fsp3) is 0.118. The van der Waals surface area contributed by atoms with Gasteiger partial charge in [0.2, 0.25) is 0 Å². The molecule has 3 aromatic rings. The Morgan fingerprint density at radius 3 is 2.64 bits per heavy atom. The molecule has 0 bridgehead atoms. The quantitative estimate of drug-likeness (QED) is 0.758. The predicted octanol–water partition coefficient (Wildman–Crippen LogP) is 4.20. The molecule has 0 atom stereocenters. The Morgan fingerprint density at radius 1 is 1.18 bits per heavy atom. The number of rotatable bonds is 4. The van der Waals surface area contributed by atoms with Gasteiger partial charge in [-0.15, -0.1) is 0 Å². The van der Waals surface area contributed by atoms with Gasteiger partial charge in [-0.1, -0.05) is 41.9 Å². The van der Waals surface area contributed by atoms with Gasteiger partial charge in [0.1, 0.15) is 18.2 Å². The van der Waals surface area contributed by atoms with E-state index in [4.69, 9.17) is 22.1 Å². The monoisotopic (exact) mass is 313 g/mol. The van der Waals surface area contributed by atoms with E-state index in [2.05, 4.69) is 10.2 Å². The summed E-state index contributed by atoms with van der Waals surface area (Å²) >= 11 is 6.17. The summed E-state index contributed by atoms with van der Waals surface area (Å²) in [6, 6.07) is 15.5. The topological polar surface area (TPSA) is 63.9 Å². The zero-order valence-electron chi connectivity index (χ0n) is 12.1. The van der Waals surface area contributed by atoms with Crippen LogP contribution in [0.5, 0.6) is 5.75 Å². The molecule has 0 spiro atoms. The number of anilines is 1. The maximum atomic E-state index is 6.17. The number of nitrogens with two attached hydrogens (primary N) is 1. The lowest BCUT2D eigenvalue weighted by molar-refractivity contribution is 0.305. The van der Waals surface area contributed by atoms with Crippen LogP contribution in [0.3, 0.4) is 0 Å². The van der Waals surface area contributed by atoms with E-state index in [0.717, 1.165) is 28.1 Å². The van der Waals surface area contributed by atoms with Gasteiger partial charge < -0.3 is 10.5 Å². The summed E-state index contributed by atoms with van der Waals surface area (Å²) < 4.78 is 6.03. The minimum atomic E-state index is 0.432. The second-order valence-corrected chi connectivity index (χ2v) is 5.52. The van der Waals surface area contributed by atoms with E-state index in [1.54, 1.807) is 6.07 Å². The van der Waals surface area contributed by atoms with Crippen LogP contribution >= 0.6 is 11.6 Å². The van der Waals surface area contributed by atoms with Crippen molar-refractivity contribution < 1.29 is 4.74 Å². The molecule has 2 aromatic carbocycles. The highest BCUT2D eigenvalue weighted by atomic mass is 35.5. The summed E-state index contributed by atoms with van der Waals surface area (Å²) in [6.45, 7) is 2.45. The molecule has 0 aliphatic heterocycles. The van der Waals surface area contributed by atoms with Crippen LogP contribution in [0.25, 0.3) is 11.3 Å². The smallest absolute Gasteiger partial charge is 0.145 e. The van der Waals surface area contributed by atoms with Gasteiger partial charge in [0.15, 0.2) is 0 Å². The van der Waals surface area contributed by atoms with E-state index in [1.807, 2.05) is 49.4 Å². The molecule has 0 unspecified atom stereocenters. The number of aromatic nitrogens is 2. The van der Waals surface area contributed by atoms with Crippen molar-refractivity contribution >= 4 is 17.4 Å². The molecular formula is C17H16ClN3O. The molecule has 1 aromatic heterocycles. The lowest BCUT2D eigenvalue weighted by atomic mass is 10.1. The van der Waals surface area contributed by atoms with Crippen LogP contribution in [-0.2, 0) is 6.61 Å². The van der Waals surface area contributed by atoms with Crippen molar-refractivity contribution in [3.63, 3.8) is 0 Å². The standard InChI is InChI=1S/C17H16ClN3O/c1-11-7-13(18)8-14(15-9-16(19)21-20-15)17(11)22-10-12-5-3-2-4-6-12/h2-9H,10H2,1H3,(H3,19,20,21). The van der Waals surface area contributed by atoms with Crippen molar-refractivity contribution in [1.82, 2.24) is 10.2 Å². The van der Waals surface area contributed by atoms with Crippen molar-refractivity contribution in [1.29, 1.82) is 0 Å². The number of nitrogen functional groups attached to an aromatic ring is 1. The van der Waals surface area contributed by atoms with E-state index in [9.17, 15) is 0 Å². The van der Waals surface area contributed by atoms with E-state index in [1.165, 1.54) is 0 Å². The molecular weight excluding hydrogens is 298 g/mol. The fourth-order valence-corrected chi connectivity index (χ4v) is 2.60. The number of benzene rings is 2. The van der Waals surface area contributed by atoms with Crippen molar-refractivity contribution in [2.45, 2.75) is 13.5 Å². The zero-order valence-corrected chi connectivity index (χ0v) is 12.9. The Labute approximate surface area is 133 Å². The SMILES string of the molecule is Cc1cc(Cl)cc(-c2cc(N)n[nH]2)c1OCc1ccccc1. The second-order valence-electron chi connectivity index (χ2n) is 5.08. The third-order valence-corrected chi connectivity index (χ3v) is 3.57. The van der Waals surface area contributed by atoms with Gasteiger partial charge in [0.05, 0.1) is 5.69 Å². The zero-order chi connectivity index (χ0) is 15.5. The number of aromatic amines is 1. The average Bonchev–Trinajstić information content (AvgIpc) is 2.93. The normalized spacial score (nSPS) is 10.6. The van der Waals surface area contributed by atoms with Crippen LogP contribution in [0.4, 0.5) is 5.82 Å². The number of ether oxygens (including phenoxy) is 1. The molecule has 3 N–H and O–H groups in total. The Morgan fingerprint density at radius 2 is 1.95 bits per heavy atom. The molecule has 3 rings (SSSR count). The number of aryl methyl sites for hydroxylation is 1. The van der Waals surface area contributed by atoms with Crippen molar-refractivity contribution in [2.24, 2.45) is 0 Å². The number of hydrogen-bond acceptors (Lipinski definition) is 3. The number of nitrogens with one attached hydrogen (secondary N) is 1. The molecule has 1 heterocycles. The summed E-state index contributed by atoms with van der Waals surface area (Å²) in [6.07, 6.45) is 0. The van der Waals surface area contributed by atoms with Crippen LogP contribution in [0.2, 0.25) is 5.02 Å². The third-order valence-electron chi connectivity index (χ3n) is 3.35. The van der Waals surface area contributed by atoms with Crippen LogP contribution in [-0.4, -0.2) is 10.2 Å². The van der Waals surface area contributed by atoms with Gasteiger partial charge in [0.25, 0.3) is 0 Å². The first kappa shape index (κ1) is 14.5. The third kappa shape index (κ3) is 3.07. The first-order valence-corrected chi connectivity index (χ1v) is 7.29. The van der Waals surface area contributed by atoms with Crippen LogP contribution in [0, 0.1) is 6.92 Å². The molecule has 0 saturated carbocycles. The Hall–Kier alpha value is -2.46. The summed E-state index contributed by atoms with van der Waals surface area (Å²) in [5.41, 5.74) is 9.39. The second kappa shape index (κ2) is 6.12. The lowest BCUT2D eigenvalue weighted by Gasteiger charge is -2.14. The van der Waals surface area contributed by atoms with E-state index >= 15 is 0 Å². The molecule has 5 heteroatoms. The molecule has 112 valence electrons. The van der Waals surface area contributed by atoms with Crippen molar-refractivity contribution in [3.8, 4) is 17.0 Å². The Bertz CT molecular complexity index is 784. The Balaban J connectivity index is 1.95. The van der Waals surface area contributed by atoms with E-state index < -0.39 is 0 Å². The highest BCUT2D eigenvalue weighted by molar-refractivity contribution is 6.31. The predicted molar refractivity (Wildman–Crippen MR) is 89.0 cm³/mol. The largest absolute Gasteiger partial charge is 0.488 e. The van der Waals surface area contributed by atoms with Crippen LogP contribution in [0.1, 0.15) is 11.1 Å². The summed E-state index contributed by atoms with van der Waals surface area (Å²) in [5, 5.41) is 7.51. The van der Waals surface area contributed by atoms with E-state index in [-0.39, 0.29) is 0 Å². The maximum absolute atomic E-state index is 6.17. The first-order valence-electron chi connectivity index (χ1n) is 6.91. The fourth-order valence-electron chi connectivity index (χ4n) is 2.33. The minimum Gasteiger partial charge on any atom is -0.488 e. The Kier molecular flexibility index (Phi) is 4.02. The molecule has 22 heavy (non-hydrogen) atoms. The van der Waals surface area contributed by atoms with Crippen LogP contribution < -0.4 is 10.5 Å². The van der Waals surface area contributed by atoms with Gasteiger partial charge in [0, 0.05) is 16.7 Å².